The second-order valence-electron chi connectivity index (χ2n) is 7.93. The lowest BCUT2D eigenvalue weighted by Gasteiger charge is -2.23. The zero-order chi connectivity index (χ0) is 24.1. The lowest BCUT2D eigenvalue weighted by Crippen LogP contribution is -2.48. The van der Waals surface area contributed by atoms with Crippen molar-refractivity contribution in [2.45, 2.75) is 30.3 Å². The van der Waals surface area contributed by atoms with Crippen LogP contribution in [0, 0.1) is 5.82 Å². The molecule has 0 fully saturated rings. The van der Waals surface area contributed by atoms with Gasteiger partial charge in [0.2, 0.25) is 15.9 Å². The zero-order valence-corrected chi connectivity index (χ0v) is 19.3. The Labute approximate surface area is 198 Å². The summed E-state index contributed by atoms with van der Waals surface area (Å²) >= 11 is 0. The van der Waals surface area contributed by atoms with Crippen LogP contribution in [0.4, 0.5) is 4.39 Å². The van der Waals surface area contributed by atoms with Crippen LogP contribution in [0.3, 0.4) is 0 Å². The molecule has 1 heterocycles. The minimum atomic E-state index is -4.29. The standard InChI is InChI=1S/C25H25FN2O5S/c1-17(19-11-12-22-23(16-19)33-14-13-32-22)27-25(29)21(15-18-7-3-2-4-8-18)28-34(30,31)24-10-6-5-9-20(24)26/h2-12,16-17,21,28H,13-15H2,1H3,(H,27,29)/t17-,21-/m0/s1. The van der Waals surface area contributed by atoms with Gasteiger partial charge in [0.05, 0.1) is 6.04 Å². The van der Waals surface area contributed by atoms with E-state index in [2.05, 4.69) is 10.0 Å². The Kier molecular flexibility index (Phi) is 7.14. The summed E-state index contributed by atoms with van der Waals surface area (Å²) in [6.45, 7) is 2.70. The quantitative estimate of drug-likeness (QED) is 0.511. The third kappa shape index (κ3) is 5.55. The van der Waals surface area contributed by atoms with E-state index < -0.39 is 38.7 Å². The topological polar surface area (TPSA) is 93.7 Å². The third-order valence-corrected chi connectivity index (χ3v) is 6.95. The number of halogens is 1. The second kappa shape index (κ2) is 10.2. The first-order valence-electron chi connectivity index (χ1n) is 10.8. The van der Waals surface area contributed by atoms with Gasteiger partial charge in [0, 0.05) is 0 Å². The average molecular weight is 485 g/mol. The first-order chi connectivity index (χ1) is 16.3. The number of rotatable bonds is 8. The molecule has 0 bridgehead atoms. The van der Waals surface area contributed by atoms with Crippen molar-refractivity contribution in [1.29, 1.82) is 0 Å². The van der Waals surface area contributed by atoms with Gasteiger partial charge in [-0.2, -0.15) is 4.72 Å². The predicted molar refractivity (Wildman–Crippen MR) is 125 cm³/mol. The number of nitrogens with one attached hydrogen (secondary N) is 2. The van der Waals surface area contributed by atoms with E-state index in [4.69, 9.17) is 9.47 Å². The SMILES string of the molecule is C[C@H](NC(=O)[C@H](Cc1ccccc1)NS(=O)(=O)c1ccccc1F)c1ccc2c(c1)OCCO2. The summed E-state index contributed by atoms with van der Waals surface area (Å²) < 4.78 is 53.5. The van der Waals surface area contributed by atoms with Crippen molar-refractivity contribution in [2.75, 3.05) is 13.2 Å². The summed E-state index contributed by atoms with van der Waals surface area (Å²) in [6.07, 6.45) is 0.0915. The smallest absolute Gasteiger partial charge is 0.244 e. The van der Waals surface area contributed by atoms with E-state index in [-0.39, 0.29) is 6.42 Å². The fraction of sp³-hybridized carbons (Fsp3) is 0.240. The fourth-order valence-electron chi connectivity index (χ4n) is 3.68. The number of carbonyl (C=O) groups excluding carboxylic acids is 1. The van der Waals surface area contributed by atoms with E-state index in [1.807, 2.05) is 12.1 Å². The highest BCUT2D eigenvalue weighted by Gasteiger charge is 2.29. The summed E-state index contributed by atoms with van der Waals surface area (Å²) in [7, 11) is -4.29. The third-order valence-electron chi connectivity index (χ3n) is 5.45. The summed E-state index contributed by atoms with van der Waals surface area (Å²) in [4.78, 5) is 12.7. The summed E-state index contributed by atoms with van der Waals surface area (Å²) in [5.74, 6) is -0.205. The van der Waals surface area contributed by atoms with E-state index in [1.54, 1.807) is 43.3 Å². The second-order valence-corrected chi connectivity index (χ2v) is 9.61. The largest absolute Gasteiger partial charge is 0.486 e. The Hall–Kier alpha value is -3.43. The number of fused-ring (bicyclic) bond motifs is 1. The molecule has 9 heteroatoms. The van der Waals surface area contributed by atoms with Crippen molar-refractivity contribution < 1.29 is 27.1 Å². The molecule has 0 aromatic heterocycles. The van der Waals surface area contributed by atoms with Crippen LogP contribution in [0.25, 0.3) is 0 Å². The number of hydrogen-bond acceptors (Lipinski definition) is 5. The average Bonchev–Trinajstić information content (AvgIpc) is 2.84. The minimum Gasteiger partial charge on any atom is -0.486 e. The van der Waals surface area contributed by atoms with Gasteiger partial charge in [0.1, 0.15) is 30.0 Å². The monoisotopic (exact) mass is 484 g/mol. The number of carbonyl (C=O) groups is 1. The van der Waals surface area contributed by atoms with Crippen molar-refractivity contribution in [3.63, 3.8) is 0 Å². The molecule has 0 spiro atoms. The zero-order valence-electron chi connectivity index (χ0n) is 18.5. The van der Waals surface area contributed by atoms with Crippen LogP contribution >= 0.6 is 0 Å². The lowest BCUT2D eigenvalue weighted by atomic mass is 10.0. The number of amides is 1. The highest BCUT2D eigenvalue weighted by atomic mass is 32.2. The fourth-order valence-corrected chi connectivity index (χ4v) is 4.95. The molecule has 34 heavy (non-hydrogen) atoms. The van der Waals surface area contributed by atoms with E-state index in [0.717, 1.165) is 23.3 Å². The predicted octanol–water partition coefficient (Wildman–Crippen LogP) is 3.36. The van der Waals surface area contributed by atoms with Crippen LogP contribution in [0.15, 0.2) is 77.7 Å². The van der Waals surface area contributed by atoms with E-state index in [0.29, 0.717) is 24.7 Å². The normalized spacial score (nSPS) is 14.8. The highest BCUT2D eigenvalue weighted by molar-refractivity contribution is 7.89. The van der Waals surface area contributed by atoms with Gasteiger partial charge in [-0.3, -0.25) is 4.79 Å². The van der Waals surface area contributed by atoms with Gasteiger partial charge in [0.25, 0.3) is 0 Å². The summed E-state index contributed by atoms with van der Waals surface area (Å²) in [6, 6.07) is 17.8. The molecular weight excluding hydrogens is 459 g/mol. The molecule has 7 nitrogen and oxygen atoms in total. The molecule has 0 aliphatic carbocycles. The summed E-state index contributed by atoms with van der Waals surface area (Å²) in [5.41, 5.74) is 1.53. The van der Waals surface area contributed by atoms with Gasteiger partial charge < -0.3 is 14.8 Å². The molecule has 0 saturated heterocycles. The number of benzene rings is 3. The molecule has 178 valence electrons. The first kappa shape index (κ1) is 23.7. The Morgan fingerprint density at radius 1 is 0.971 bits per heavy atom. The molecule has 2 N–H and O–H groups in total. The van der Waals surface area contributed by atoms with Gasteiger partial charge in [-0.25, -0.2) is 12.8 Å². The molecule has 1 aliphatic heterocycles. The van der Waals surface area contributed by atoms with Crippen LogP contribution in [0.2, 0.25) is 0 Å². The van der Waals surface area contributed by atoms with Crippen molar-refractivity contribution in [3.05, 3.63) is 89.7 Å². The Morgan fingerprint density at radius 3 is 2.38 bits per heavy atom. The van der Waals surface area contributed by atoms with E-state index in [9.17, 15) is 17.6 Å². The van der Waals surface area contributed by atoms with Crippen LogP contribution in [0.1, 0.15) is 24.1 Å². The van der Waals surface area contributed by atoms with Crippen molar-refractivity contribution in [3.8, 4) is 11.5 Å². The highest BCUT2D eigenvalue weighted by Crippen LogP contribution is 2.32. The Morgan fingerprint density at radius 2 is 1.65 bits per heavy atom. The molecule has 1 amide bonds. The molecule has 0 radical (unpaired) electrons. The Balaban J connectivity index is 1.55. The molecule has 0 saturated carbocycles. The molecule has 0 unspecified atom stereocenters. The van der Waals surface area contributed by atoms with Crippen LogP contribution in [-0.4, -0.2) is 33.6 Å². The van der Waals surface area contributed by atoms with Crippen molar-refractivity contribution in [2.24, 2.45) is 0 Å². The maximum Gasteiger partial charge on any atom is 0.244 e. The van der Waals surface area contributed by atoms with E-state index in [1.165, 1.54) is 12.1 Å². The number of ether oxygens (including phenoxy) is 2. The van der Waals surface area contributed by atoms with Crippen LogP contribution in [0.5, 0.6) is 11.5 Å². The molecular formula is C25H25FN2O5S. The van der Waals surface area contributed by atoms with Gasteiger partial charge in [0.15, 0.2) is 11.5 Å². The lowest BCUT2D eigenvalue weighted by molar-refractivity contribution is -0.123. The Bertz CT molecular complexity index is 1270. The van der Waals surface area contributed by atoms with Crippen LogP contribution in [-0.2, 0) is 21.2 Å². The maximum atomic E-state index is 14.2. The number of hydrogen-bond donors (Lipinski definition) is 2. The first-order valence-corrected chi connectivity index (χ1v) is 12.3. The van der Waals surface area contributed by atoms with Gasteiger partial charge in [-0.1, -0.05) is 48.5 Å². The number of sulfonamides is 1. The van der Waals surface area contributed by atoms with Crippen LogP contribution < -0.4 is 19.5 Å². The molecule has 2 atom stereocenters. The van der Waals surface area contributed by atoms with Crippen molar-refractivity contribution >= 4 is 15.9 Å². The molecule has 1 aliphatic rings. The van der Waals surface area contributed by atoms with Gasteiger partial charge >= 0.3 is 0 Å². The maximum absolute atomic E-state index is 14.2. The van der Waals surface area contributed by atoms with Gasteiger partial charge in [-0.15, -0.1) is 0 Å². The molecule has 3 aromatic carbocycles. The van der Waals surface area contributed by atoms with Gasteiger partial charge in [-0.05, 0) is 48.7 Å². The molecule has 3 aromatic rings. The molecule has 4 rings (SSSR count). The minimum absolute atomic E-state index is 0.0915. The summed E-state index contributed by atoms with van der Waals surface area (Å²) in [5, 5.41) is 2.86. The van der Waals surface area contributed by atoms with E-state index >= 15 is 0 Å². The van der Waals surface area contributed by atoms with Crippen molar-refractivity contribution in [1.82, 2.24) is 10.0 Å².